The van der Waals surface area contributed by atoms with Gasteiger partial charge in [0.2, 0.25) is 5.91 Å². The number of anilines is 4. The maximum atomic E-state index is 13.6. The lowest BCUT2D eigenvalue weighted by Gasteiger charge is -2.18. The molecular formula is C44H39N9O12. The summed E-state index contributed by atoms with van der Waals surface area (Å²) in [6.45, 7) is 1.63. The summed E-state index contributed by atoms with van der Waals surface area (Å²) in [6.07, 6.45) is 4.19. The fraction of sp³-hybridized carbons (Fsp3) is 0.114. The zero-order chi connectivity index (χ0) is 46.8. The van der Waals surface area contributed by atoms with Gasteiger partial charge in [-0.3, -0.25) is 24.0 Å². The molecule has 0 aliphatic carbocycles. The Kier molecular flexibility index (Phi) is 14.0. The number of nitrogens with one attached hydrogen (secondary N) is 6. The highest BCUT2D eigenvalue weighted by Gasteiger charge is 2.26. The second-order valence-electron chi connectivity index (χ2n) is 13.9. The Morgan fingerprint density at radius 2 is 1.31 bits per heavy atom. The summed E-state index contributed by atoms with van der Waals surface area (Å²) in [7, 11) is 2.34. The number of carboxylic acids is 1. The monoisotopic (exact) mass is 885 g/mol. The first-order valence-electron chi connectivity index (χ1n) is 19.1. The third-order valence-corrected chi connectivity index (χ3v) is 9.45. The number of carboxylic acid groups (broad SMARTS) is 1. The molecule has 6 aromatic rings. The molecule has 65 heavy (non-hydrogen) atoms. The van der Waals surface area contributed by atoms with E-state index in [1.54, 1.807) is 25.1 Å². The Bertz CT molecular complexity index is 2790. The number of ether oxygens (including phenoxy) is 2. The van der Waals surface area contributed by atoms with Gasteiger partial charge in [-0.15, -0.1) is 0 Å². The summed E-state index contributed by atoms with van der Waals surface area (Å²) in [4.78, 5) is 81.6. The van der Waals surface area contributed by atoms with Crippen LogP contribution in [0.1, 0.15) is 59.7 Å². The maximum Gasteiger partial charge on any atom is 0.339 e. The molecule has 6 rings (SSSR count). The number of benzene rings is 4. The zero-order valence-electron chi connectivity index (χ0n) is 34.5. The molecule has 0 unspecified atom stereocenters. The second-order valence-corrected chi connectivity index (χ2v) is 13.9. The lowest BCUT2D eigenvalue weighted by atomic mass is 10.1. The van der Waals surface area contributed by atoms with E-state index >= 15 is 0 Å². The van der Waals surface area contributed by atoms with Gasteiger partial charge in [0.1, 0.15) is 23.0 Å². The summed E-state index contributed by atoms with van der Waals surface area (Å²) in [5, 5.41) is 63.3. The minimum atomic E-state index is -1.43. The van der Waals surface area contributed by atoms with E-state index in [0.717, 1.165) is 18.7 Å². The molecule has 0 saturated carbocycles. The van der Waals surface area contributed by atoms with Gasteiger partial charge >= 0.3 is 5.97 Å². The number of amides is 5. The van der Waals surface area contributed by atoms with Crippen LogP contribution >= 0.6 is 0 Å². The third-order valence-electron chi connectivity index (χ3n) is 9.45. The predicted octanol–water partition coefficient (Wildman–Crippen LogP) is 4.56. The molecule has 1 atom stereocenters. The van der Waals surface area contributed by atoms with E-state index in [4.69, 9.17) is 9.47 Å². The van der Waals surface area contributed by atoms with Crippen molar-refractivity contribution < 1.29 is 58.7 Å². The number of carbonyl (C=O) groups is 6. The Morgan fingerprint density at radius 1 is 0.692 bits per heavy atom. The van der Waals surface area contributed by atoms with Gasteiger partial charge in [-0.1, -0.05) is 12.1 Å². The van der Waals surface area contributed by atoms with Crippen LogP contribution in [0.15, 0.2) is 103 Å². The number of hydrogen-bond donors (Lipinski definition) is 10. The van der Waals surface area contributed by atoms with Crippen LogP contribution in [0.5, 0.6) is 28.7 Å². The molecule has 0 fully saturated rings. The number of carbonyl (C=O) groups excluding carboxylic acids is 5. The van der Waals surface area contributed by atoms with Gasteiger partial charge in [0.05, 0.1) is 54.9 Å². The summed E-state index contributed by atoms with van der Waals surface area (Å²) in [5.74, 6) is -6.65. The number of aromatic amines is 1. The highest BCUT2D eigenvalue weighted by atomic mass is 16.5. The highest BCUT2D eigenvalue weighted by Crippen LogP contribution is 2.40. The second kappa shape index (κ2) is 20.1. The number of aromatic hydroxyl groups is 3. The first kappa shape index (κ1) is 45.3. The van der Waals surface area contributed by atoms with Gasteiger partial charge in [0, 0.05) is 23.2 Å². The summed E-state index contributed by atoms with van der Waals surface area (Å²) in [5.41, 5.74) is 1.19. The molecule has 2 heterocycles. The Labute approximate surface area is 368 Å². The first-order valence-corrected chi connectivity index (χ1v) is 19.1. The number of aromatic carboxylic acids is 1. The fourth-order valence-corrected chi connectivity index (χ4v) is 6.12. The van der Waals surface area contributed by atoms with E-state index in [2.05, 4.69) is 47.0 Å². The van der Waals surface area contributed by atoms with Crippen LogP contribution in [0.2, 0.25) is 0 Å². The molecule has 0 spiro atoms. The molecule has 0 aliphatic heterocycles. The third kappa shape index (κ3) is 11.0. The molecule has 10 N–H and O–H groups in total. The van der Waals surface area contributed by atoms with Crippen LogP contribution in [0.3, 0.4) is 0 Å². The van der Waals surface area contributed by atoms with Gasteiger partial charge in [-0.05, 0) is 91.4 Å². The topological polar surface area (TPSA) is 316 Å². The van der Waals surface area contributed by atoms with Crippen LogP contribution in [-0.4, -0.2) is 96.6 Å². The van der Waals surface area contributed by atoms with Crippen LogP contribution in [0, 0.1) is 0 Å². The maximum absolute atomic E-state index is 13.6. The van der Waals surface area contributed by atoms with Crippen LogP contribution in [0.4, 0.5) is 22.7 Å². The molecule has 21 nitrogen and oxygen atoms in total. The molecule has 0 bridgehead atoms. The SMILES string of the molecule is COc1c(NC(=O)c2ccc(NC(=O)c3ccc(NC(=O)[C@H](Cc4cn[nH]n4)NC(=O)c4ccc(NC(=O)/C(C)=C/c5ccc(O)cc5)cc4)cn3)c(OC)c2O)ccc(C(=O)O)c1O. The molecular weight excluding hydrogens is 847 g/mol. The molecule has 21 heteroatoms. The van der Waals surface area contributed by atoms with E-state index in [9.17, 15) is 49.2 Å². The number of H-pyrrole nitrogens is 1. The number of nitrogens with zero attached hydrogens (tertiary/aromatic N) is 3. The Morgan fingerprint density at radius 3 is 1.89 bits per heavy atom. The first-order chi connectivity index (χ1) is 31.1. The zero-order valence-corrected chi connectivity index (χ0v) is 34.5. The quantitative estimate of drug-likeness (QED) is 0.0596. The minimum Gasteiger partial charge on any atom is -0.508 e. The Hall–Kier alpha value is -9.27. The number of phenolic OH excluding ortho intramolecular Hbond substituents is 2. The van der Waals surface area contributed by atoms with Crippen molar-refractivity contribution in [1.82, 2.24) is 25.7 Å². The standard InChI is InChI=1S/C44H39N9O12/c1-22(18-23-4-11-28(54)12-5-23)39(57)47-25-8-6-24(7-9-25)40(58)51-34(19-27-21-46-53-52-27)43(61)48-26-10-15-33(45-20-26)42(60)50-32-16-13-29(35(55)37(32)64-2)41(59)49-31-17-14-30(44(62)63)36(56)38(31)65-3/h4-18,20-21,34,54-56H,19H2,1-3H3,(H,47,57)(H,48,61)(H,49,59)(H,50,60)(H,51,58)(H,62,63)(H,46,52,53)/b22-18+/t34-/m0/s1. The smallest absolute Gasteiger partial charge is 0.339 e. The van der Waals surface area contributed by atoms with Crippen molar-refractivity contribution in [1.29, 1.82) is 0 Å². The van der Waals surface area contributed by atoms with Crippen molar-refractivity contribution >= 4 is 64.3 Å². The van der Waals surface area contributed by atoms with Crippen LogP contribution in [-0.2, 0) is 16.0 Å². The largest absolute Gasteiger partial charge is 0.508 e. The number of methoxy groups -OCH3 is 2. The van der Waals surface area contributed by atoms with Crippen molar-refractivity contribution in [3.8, 4) is 28.7 Å². The number of hydrogen-bond acceptors (Lipinski definition) is 14. The van der Waals surface area contributed by atoms with Gasteiger partial charge < -0.3 is 56.5 Å². The summed E-state index contributed by atoms with van der Waals surface area (Å²) in [6, 6.07) is 18.6. The summed E-state index contributed by atoms with van der Waals surface area (Å²) < 4.78 is 10.4. The lowest BCUT2D eigenvalue weighted by Crippen LogP contribution is -2.45. The minimum absolute atomic E-state index is 0.0492. The predicted molar refractivity (Wildman–Crippen MR) is 233 cm³/mol. The van der Waals surface area contributed by atoms with Gasteiger partial charge in [-0.2, -0.15) is 15.4 Å². The van der Waals surface area contributed by atoms with Gasteiger partial charge in [0.25, 0.3) is 23.6 Å². The van der Waals surface area contributed by atoms with Crippen molar-refractivity contribution in [3.63, 3.8) is 0 Å². The van der Waals surface area contributed by atoms with Gasteiger partial charge in [0.15, 0.2) is 23.0 Å². The van der Waals surface area contributed by atoms with E-state index in [1.165, 1.54) is 86.2 Å². The number of pyridine rings is 1. The number of rotatable bonds is 16. The molecule has 5 amide bonds. The van der Waals surface area contributed by atoms with Crippen molar-refractivity contribution in [2.24, 2.45) is 0 Å². The normalized spacial score (nSPS) is 11.4. The average Bonchev–Trinajstić information content (AvgIpc) is 3.80. The molecule has 4 aromatic carbocycles. The van der Waals surface area contributed by atoms with E-state index in [-0.39, 0.29) is 63.5 Å². The van der Waals surface area contributed by atoms with Gasteiger partial charge in [-0.25, -0.2) is 9.78 Å². The molecule has 2 aromatic heterocycles. The fourth-order valence-electron chi connectivity index (χ4n) is 6.12. The van der Waals surface area contributed by atoms with E-state index < -0.39 is 52.7 Å². The average molecular weight is 886 g/mol. The van der Waals surface area contributed by atoms with E-state index in [1.807, 2.05) is 0 Å². The Balaban J connectivity index is 1.08. The number of aromatic nitrogens is 4. The lowest BCUT2D eigenvalue weighted by molar-refractivity contribution is -0.118. The summed E-state index contributed by atoms with van der Waals surface area (Å²) >= 11 is 0. The van der Waals surface area contributed by atoms with Crippen molar-refractivity contribution in [2.75, 3.05) is 35.5 Å². The van der Waals surface area contributed by atoms with Crippen LogP contribution < -0.4 is 36.1 Å². The highest BCUT2D eigenvalue weighted by molar-refractivity contribution is 6.10. The molecule has 0 aliphatic rings. The molecule has 0 radical (unpaired) electrons. The van der Waals surface area contributed by atoms with Crippen molar-refractivity contribution in [3.05, 3.63) is 137 Å². The van der Waals surface area contributed by atoms with E-state index in [0.29, 0.717) is 17.0 Å². The van der Waals surface area contributed by atoms with Crippen LogP contribution in [0.25, 0.3) is 6.08 Å². The molecule has 0 saturated heterocycles. The molecule has 332 valence electrons. The number of phenols is 3. The van der Waals surface area contributed by atoms with Crippen molar-refractivity contribution in [2.45, 2.75) is 19.4 Å².